The Balaban J connectivity index is 1.95. The Morgan fingerprint density at radius 1 is 1.29 bits per heavy atom. The van der Waals surface area contributed by atoms with Crippen molar-refractivity contribution in [2.75, 3.05) is 19.7 Å². The summed E-state index contributed by atoms with van der Waals surface area (Å²) in [5.41, 5.74) is 0.875. The quantitative estimate of drug-likeness (QED) is 0.871. The van der Waals surface area contributed by atoms with Crippen LogP contribution in [0.25, 0.3) is 0 Å². The Hall–Kier alpha value is -0.770. The van der Waals surface area contributed by atoms with Crippen molar-refractivity contribution in [1.82, 2.24) is 4.90 Å². The summed E-state index contributed by atoms with van der Waals surface area (Å²) in [4.78, 5) is 2.29. The molecule has 0 aliphatic carbocycles. The van der Waals surface area contributed by atoms with E-state index in [1.54, 1.807) is 6.07 Å². The lowest BCUT2D eigenvalue weighted by Gasteiger charge is -2.31. The fourth-order valence-electron chi connectivity index (χ4n) is 2.26. The summed E-state index contributed by atoms with van der Waals surface area (Å²) in [6.45, 7) is 2.95. The number of rotatable bonds is 3. The van der Waals surface area contributed by atoms with Crippen molar-refractivity contribution in [3.05, 3.63) is 28.8 Å². The molecular weight excluding hydrogens is 238 g/mol. The van der Waals surface area contributed by atoms with Crippen LogP contribution in [0, 0.1) is 5.92 Å². The third-order valence-corrected chi connectivity index (χ3v) is 3.73. The van der Waals surface area contributed by atoms with Crippen molar-refractivity contribution >= 4 is 11.6 Å². The van der Waals surface area contributed by atoms with Crippen LogP contribution in [-0.2, 0) is 6.54 Å². The molecule has 0 radical (unpaired) electrons. The third kappa shape index (κ3) is 3.12. The first kappa shape index (κ1) is 12.7. The highest BCUT2D eigenvalue weighted by atomic mass is 35.5. The van der Waals surface area contributed by atoms with E-state index in [2.05, 4.69) is 4.90 Å². The van der Waals surface area contributed by atoms with Gasteiger partial charge in [0.2, 0.25) is 0 Å². The van der Waals surface area contributed by atoms with E-state index in [1.807, 2.05) is 12.1 Å². The molecule has 0 bridgehead atoms. The van der Waals surface area contributed by atoms with Crippen molar-refractivity contribution in [3.8, 4) is 5.75 Å². The number of benzene rings is 1. The van der Waals surface area contributed by atoms with Gasteiger partial charge in [0, 0.05) is 18.7 Å². The molecule has 1 aromatic rings. The molecule has 1 aromatic carbocycles. The number of hydrogen-bond donors (Lipinski definition) is 2. The van der Waals surface area contributed by atoms with Crippen LogP contribution in [0.4, 0.5) is 0 Å². The molecule has 2 rings (SSSR count). The van der Waals surface area contributed by atoms with Gasteiger partial charge in [0.15, 0.2) is 0 Å². The second-order valence-electron chi connectivity index (χ2n) is 4.65. The molecule has 1 aliphatic rings. The summed E-state index contributed by atoms with van der Waals surface area (Å²) in [6, 6.07) is 5.45. The van der Waals surface area contributed by atoms with Crippen molar-refractivity contribution < 1.29 is 10.2 Å². The summed E-state index contributed by atoms with van der Waals surface area (Å²) >= 11 is 5.88. The molecular formula is C13H18ClNO2. The van der Waals surface area contributed by atoms with Gasteiger partial charge >= 0.3 is 0 Å². The van der Waals surface area contributed by atoms with Crippen molar-refractivity contribution in [3.63, 3.8) is 0 Å². The smallest absolute Gasteiger partial charge is 0.138 e. The summed E-state index contributed by atoms with van der Waals surface area (Å²) in [5, 5.41) is 19.3. The number of para-hydroxylation sites is 1. The van der Waals surface area contributed by atoms with Gasteiger partial charge < -0.3 is 10.2 Å². The fraction of sp³-hybridized carbons (Fsp3) is 0.538. The SMILES string of the molecule is OCC1CCN(Cc2cccc(Cl)c2O)CC1. The second-order valence-corrected chi connectivity index (χ2v) is 5.06. The average molecular weight is 256 g/mol. The van der Waals surface area contributed by atoms with E-state index in [0.717, 1.165) is 38.0 Å². The van der Waals surface area contributed by atoms with Crippen molar-refractivity contribution in [2.24, 2.45) is 5.92 Å². The molecule has 1 fully saturated rings. The molecule has 0 amide bonds. The maximum Gasteiger partial charge on any atom is 0.138 e. The highest BCUT2D eigenvalue weighted by Gasteiger charge is 2.19. The van der Waals surface area contributed by atoms with Gasteiger partial charge in [-0.05, 0) is 37.9 Å². The highest BCUT2D eigenvalue weighted by Crippen LogP contribution is 2.29. The Labute approximate surface area is 107 Å². The fourth-order valence-corrected chi connectivity index (χ4v) is 2.45. The Morgan fingerprint density at radius 2 is 2.00 bits per heavy atom. The number of aromatic hydroxyl groups is 1. The molecule has 0 saturated carbocycles. The molecule has 1 saturated heterocycles. The zero-order chi connectivity index (χ0) is 12.3. The number of nitrogens with zero attached hydrogens (tertiary/aromatic N) is 1. The molecule has 1 aliphatic heterocycles. The number of likely N-dealkylation sites (tertiary alicyclic amines) is 1. The Bertz CT molecular complexity index is 376. The zero-order valence-electron chi connectivity index (χ0n) is 9.77. The molecule has 0 spiro atoms. The first-order valence-electron chi connectivity index (χ1n) is 6.00. The van der Waals surface area contributed by atoms with Gasteiger partial charge in [-0.1, -0.05) is 23.7 Å². The van der Waals surface area contributed by atoms with Gasteiger partial charge in [-0.25, -0.2) is 0 Å². The predicted octanol–water partition coefficient (Wildman–Crippen LogP) is 2.25. The van der Waals surface area contributed by atoms with E-state index in [1.165, 1.54) is 0 Å². The maximum atomic E-state index is 9.83. The third-order valence-electron chi connectivity index (χ3n) is 3.43. The van der Waals surface area contributed by atoms with Crippen molar-refractivity contribution in [1.29, 1.82) is 0 Å². The van der Waals surface area contributed by atoms with E-state index in [9.17, 15) is 5.11 Å². The standard InChI is InChI=1S/C13H18ClNO2/c14-12-3-1-2-11(13(12)17)8-15-6-4-10(9-16)5-7-15/h1-3,10,16-17H,4-9H2. The molecule has 4 heteroatoms. The number of halogens is 1. The van der Waals surface area contributed by atoms with Crippen LogP contribution >= 0.6 is 11.6 Å². The van der Waals surface area contributed by atoms with Gasteiger partial charge in [-0.15, -0.1) is 0 Å². The lowest BCUT2D eigenvalue weighted by atomic mass is 9.97. The van der Waals surface area contributed by atoms with Crippen LogP contribution in [-0.4, -0.2) is 34.8 Å². The number of hydrogen-bond acceptors (Lipinski definition) is 3. The predicted molar refractivity (Wildman–Crippen MR) is 68.2 cm³/mol. The largest absolute Gasteiger partial charge is 0.506 e. The van der Waals surface area contributed by atoms with E-state index >= 15 is 0 Å². The maximum absolute atomic E-state index is 9.83. The molecule has 94 valence electrons. The van der Waals surface area contributed by atoms with Crippen LogP contribution in [0.1, 0.15) is 18.4 Å². The minimum Gasteiger partial charge on any atom is -0.506 e. The van der Waals surface area contributed by atoms with Gasteiger partial charge in [0.05, 0.1) is 5.02 Å². The van der Waals surface area contributed by atoms with Crippen LogP contribution < -0.4 is 0 Å². The lowest BCUT2D eigenvalue weighted by Crippen LogP contribution is -2.34. The molecule has 0 unspecified atom stereocenters. The van der Waals surface area contributed by atoms with E-state index in [0.29, 0.717) is 10.9 Å². The second kappa shape index (κ2) is 5.71. The van der Waals surface area contributed by atoms with Gasteiger partial charge in [-0.3, -0.25) is 4.90 Å². The first-order valence-corrected chi connectivity index (χ1v) is 6.38. The monoisotopic (exact) mass is 255 g/mol. The number of piperidine rings is 1. The molecule has 17 heavy (non-hydrogen) atoms. The van der Waals surface area contributed by atoms with E-state index in [-0.39, 0.29) is 12.4 Å². The molecule has 1 heterocycles. The first-order chi connectivity index (χ1) is 8.20. The zero-order valence-corrected chi connectivity index (χ0v) is 10.5. The molecule has 3 nitrogen and oxygen atoms in total. The van der Waals surface area contributed by atoms with Gasteiger partial charge in [-0.2, -0.15) is 0 Å². The van der Waals surface area contributed by atoms with Crippen LogP contribution in [0.3, 0.4) is 0 Å². The summed E-state index contributed by atoms with van der Waals surface area (Å²) < 4.78 is 0. The number of aliphatic hydroxyl groups is 1. The summed E-state index contributed by atoms with van der Waals surface area (Å²) in [6.07, 6.45) is 2.05. The van der Waals surface area contributed by atoms with Crippen LogP contribution in [0.5, 0.6) is 5.75 Å². The van der Waals surface area contributed by atoms with Gasteiger partial charge in [0.25, 0.3) is 0 Å². The molecule has 0 aromatic heterocycles. The topological polar surface area (TPSA) is 43.7 Å². The van der Waals surface area contributed by atoms with Gasteiger partial charge in [0.1, 0.15) is 5.75 Å². The minimum atomic E-state index is 0.193. The normalized spacial score (nSPS) is 18.5. The minimum absolute atomic E-state index is 0.193. The summed E-state index contributed by atoms with van der Waals surface area (Å²) in [7, 11) is 0. The summed E-state index contributed by atoms with van der Waals surface area (Å²) in [5.74, 6) is 0.637. The Morgan fingerprint density at radius 3 is 2.65 bits per heavy atom. The van der Waals surface area contributed by atoms with E-state index in [4.69, 9.17) is 16.7 Å². The van der Waals surface area contributed by atoms with E-state index < -0.39 is 0 Å². The van der Waals surface area contributed by atoms with Crippen molar-refractivity contribution in [2.45, 2.75) is 19.4 Å². The van der Waals surface area contributed by atoms with Crippen LogP contribution in [0.15, 0.2) is 18.2 Å². The van der Waals surface area contributed by atoms with Crippen LogP contribution in [0.2, 0.25) is 5.02 Å². The average Bonchev–Trinajstić information content (AvgIpc) is 2.36. The number of phenols is 1. The Kier molecular flexibility index (Phi) is 4.26. The number of phenolic OH excluding ortho intramolecular Hbond substituents is 1. The highest BCUT2D eigenvalue weighted by molar-refractivity contribution is 6.32. The lowest BCUT2D eigenvalue weighted by molar-refractivity contribution is 0.127. The molecule has 0 atom stereocenters. The molecule has 2 N–H and O–H groups in total. The number of aliphatic hydroxyl groups excluding tert-OH is 1.